The van der Waals surface area contributed by atoms with Gasteiger partial charge in [0.15, 0.2) is 0 Å². The molecule has 1 aliphatic rings. The summed E-state index contributed by atoms with van der Waals surface area (Å²) in [5, 5.41) is 6.19. The summed E-state index contributed by atoms with van der Waals surface area (Å²) in [7, 11) is 0. The molecule has 0 bridgehead atoms. The number of carbonyl (C=O) groups is 1. The first-order valence-electron chi connectivity index (χ1n) is 7.16. The average molecular weight is 272 g/mol. The lowest BCUT2D eigenvalue weighted by atomic mass is 9.93. The number of alkyl carbamates (subject to hydrolysis) is 1. The average Bonchev–Trinajstić information content (AvgIpc) is 2.33. The number of rotatable bonds is 5. The molecule has 1 fully saturated rings. The maximum Gasteiger partial charge on any atom is 0.407 e. The number of carbonyl (C=O) groups excluding carboxylic acids is 1. The van der Waals surface area contributed by atoms with Crippen LogP contribution in [0.15, 0.2) is 0 Å². The van der Waals surface area contributed by atoms with Gasteiger partial charge in [-0.15, -0.1) is 0 Å². The maximum absolute atomic E-state index is 11.4. The molecule has 112 valence electrons. The molecule has 1 heterocycles. The van der Waals surface area contributed by atoms with Gasteiger partial charge in [0.1, 0.15) is 5.60 Å². The zero-order valence-corrected chi connectivity index (χ0v) is 12.6. The summed E-state index contributed by atoms with van der Waals surface area (Å²) >= 11 is 0. The second-order valence-corrected chi connectivity index (χ2v) is 6.12. The highest BCUT2D eigenvalue weighted by Crippen LogP contribution is 2.18. The molecule has 2 N–H and O–H groups in total. The molecule has 0 aromatic heterocycles. The highest BCUT2D eigenvalue weighted by atomic mass is 16.6. The van der Waals surface area contributed by atoms with Crippen LogP contribution in [0.25, 0.3) is 0 Å². The van der Waals surface area contributed by atoms with Crippen molar-refractivity contribution >= 4 is 6.09 Å². The standard InChI is InChI=1S/C14H28N2O3/c1-11(12-5-9-18-10-6-12)15-7-8-16-13(17)19-14(2,3)4/h11-12,15H,5-10H2,1-4H3,(H,16,17). The monoisotopic (exact) mass is 272 g/mol. The molecule has 5 nitrogen and oxygen atoms in total. The van der Waals surface area contributed by atoms with Crippen LogP contribution in [0.1, 0.15) is 40.5 Å². The van der Waals surface area contributed by atoms with Crippen molar-refractivity contribution < 1.29 is 14.3 Å². The van der Waals surface area contributed by atoms with Crippen LogP contribution in [0, 0.1) is 5.92 Å². The molecular weight excluding hydrogens is 244 g/mol. The Morgan fingerprint density at radius 3 is 2.53 bits per heavy atom. The van der Waals surface area contributed by atoms with Crippen LogP contribution in [-0.4, -0.2) is 44.0 Å². The first kappa shape index (κ1) is 16.2. The summed E-state index contributed by atoms with van der Waals surface area (Å²) in [4.78, 5) is 11.4. The quantitative estimate of drug-likeness (QED) is 0.751. The molecule has 1 saturated heterocycles. The van der Waals surface area contributed by atoms with Gasteiger partial charge in [0, 0.05) is 32.3 Å². The van der Waals surface area contributed by atoms with E-state index in [1.54, 1.807) is 0 Å². The largest absolute Gasteiger partial charge is 0.444 e. The number of amides is 1. The van der Waals surface area contributed by atoms with Crippen molar-refractivity contribution in [3.05, 3.63) is 0 Å². The van der Waals surface area contributed by atoms with E-state index < -0.39 is 5.60 Å². The van der Waals surface area contributed by atoms with Crippen LogP contribution >= 0.6 is 0 Å². The predicted octanol–water partition coefficient (Wildman–Crippen LogP) is 1.92. The lowest BCUT2D eigenvalue weighted by Gasteiger charge is -2.28. The van der Waals surface area contributed by atoms with E-state index in [1.165, 1.54) is 0 Å². The first-order valence-corrected chi connectivity index (χ1v) is 7.16. The number of nitrogens with one attached hydrogen (secondary N) is 2. The summed E-state index contributed by atoms with van der Waals surface area (Å²) < 4.78 is 10.5. The Morgan fingerprint density at radius 2 is 1.95 bits per heavy atom. The molecule has 1 rings (SSSR count). The number of hydrogen-bond acceptors (Lipinski definition) is 4. The highest BCUT2D eigenvalue weighted by Gasteiger charge is 2.20. The zero-order chi connectivity index (χ0) is 14.3. The smallest absolute Gasteiger partial charge is 0.407 e. The second-order valence-electron chi connectivity index (χ2n) is 6.12. The van der Waals surface area contributed by atoms with Crippen molar-refractivity contribution in [1.29, 1.82) is 0 Å². The topological polar surface area (TPSA) is 59.6 Å². The number of hydrogen-bond donors (Lipinski definition) is 2. The van der Waals surface area contributed by atoms with Gasteiger partial charge in [-0.3, -0.25) is 0 Å². The second kappa shape index (κ2) is 7.70. The molecule has 0 radical (unpaired) electrons. The van der Waals surface area contributed by atoms with Crippen LogP contribution in [-0.2, 0) is 9.47 Å². The van der Waals surface area contributed by atoms with E-state index in [0.29, 0.717) is 18.5 Å². The van der Waals surface area contributed by atoms with E-state index in [4.69, 9.17) is 9.47 Å². The zero-order valence-electron chi connectivity index (χ0n) is 12.6. The third kappa shape index (κ3) is 7.38. The maximum atomic E-state index is 11.4. The van der Waals surface area contributed by atoms with Crippen molar-refractivity contribution in [3.8, 4) is 0 Å². The summed E-state index contributed by atoms with van der Waals surface area (Å²) in [6, 6.07) is 0.462. The van der Waals surface area contributed by atoms with Crippen LogP contribution in [0.5, 0.6) is 0 Å². The number of ether oxygens (including phenoxy) is 2. The summed E-state index contributed by atoms with van der Waals surface area (Å²) in [6.45, 7) is 10.9. The third-order valence-corrected chi connectivity index (χ3v) is 3.23. The Hall–Kier alpha value is -0.810. The fourth-order valence-electron chi connectivity index (χ4n) is 2.16. The summed E-state index contributed by atoms with van der Waals surface area (Å²) in [5.41, 5.74) is -0.438. The Kier molecular flexibility index (Phi) is 6.58. The fourth-order valence-corrected chi connectivity index (χ4v) is 2.16. The summed E-state index contributed by atoms with van der Waals surface area (Å²) in [5.74, 6) is 0.676. The van der Waals surface area contributed by atoms with Crippen LogP contribution < -0.4 is 10.6 Å². The van der Waals surface area contributed by atoms with Crippen molar-refractivity contribution in [3.63, 3.8) is 0 Å². The van der Waals surface area contributed by atoms with E-state index in [0.717, 1.165) is 32.6 Å². The third-order valence-electron chi connectivity index (χ3n) is 3.23. The molecule has 19 heavy (non-hydrogen) atoms. The lowest BCUT2D eigenvalue weighted by Crippen LogP contribution is -2.41. The van der Waals surface area contributed by atoms with Gasteiger partial charge in [-0.25, -0.2) is 4.79 Å². The first-order chi connectivity index (χ1) is 8.88. The van der Waals surface area contributed by atoms with Crippen molar-refractivity contribution in [1.82, 2.24) is 10.6 Å². The Balaban J connectivity index is 2.08. The van der Waals surface area contributed by atoms with Gasteiger partial charge in [0.25, 0.3) is 0 Å². The molecule has 1 atom stereocenters. The van der Waals surface area contributed by atoms with Crippen molar-refractivity contribution in [2.75, 3.05) is 26.3 Å². The van der Waals surface area contributed by atoms with Crippen molar-refractivity contribution in [2.45, 2.75) is 52.2 Å². The molecule has 1 aliphatic heterocycles. The molecular formula is C14H28N2O3. The molecule has 0 aromatic carbocycles. The molecule has 0 spiro atoms. The Bertz CT molecular complexity index is 270. The molecule has 1 unspecified atom stereocenters. The van der Waals surface area contributed by atoms with E-state index in [2.05, 4.69) is 17.6 Å². The van der Waals surface area contributed by atoms with Crippen LogP contribution in [0.3, 0.4) is 0 Å². The van der Waals surface area contributed by atoms with Gasteiger partial charge in [-0.2, -0.15) is 0 Å². The molecule has 0 aliphatic carbocycles. The van der Waals surface area contributed by atoms with E-state index in [9.17, 15) is 4.79 Å². The van der Waals surface area contributed by atoms with Crippen molar-refractivity contribution in [2.24, 2.45) is 5.92 Å². The molecule has 0 aromatic rings. The minimum atomic E-state index is -0.438. The minimum absolute atomic E-state index is 0.354. The molecule has 0 saturated carbocycles. The normalized spacial score (nSPS) is 18.9. The van der Waals surface area contributed by atoms with E-state index in [1.807, 2.05) is 20.8 Å². The predicted molar refractivity (Wildman–Crippen MR) is 75.2 cm³/mol. The van der Waals surface area contributed by atoms with Crippen LogP contribution in [0.4, 0.5) is 4.79 Å². The van der Waals surface area contributed by atoms with Crippen LogP contribution in [0.2, 0.25) is 0 Å². The fraction of sp³-hybridized carbons (Fsp3) is 0.929. The lowest BCUT2D eigenvalue weighted by molar-refractivity contribution is 0.0519. The Labute approximate surface area is 116 Å². The molecule has 1 amide bonds. The van der Waals surface area contributed by atoms with Gasteiger partial charge >= 0.3 is 6.09 Å². The Morgan fingerprint density at radius 1 is 1.32 bits per heavy atom. The van der Waals surface area contributed by atoms with Gasteiger partial charge in [0.2, 0.25) is 0 Å². The van der Waals surface area contributed by atoms with Gasteiger partial charge in [-0.05, 0) is 46.5 Å². The van der Waals surface area contributed by atoms with E-state index >= 15 is 0 Å². The summed E-state index contributed by atoms with van der Waals surface area (Å²) in [6.07, 6.45) is 1.88. The van der Waals surface area contributed by atoms with E-state index in [-0.39, 0.29) is 6.09 Å². The minimum Gasteiger partial charge on any atom is -0.444 e. The van der Waals surface area contributed by atoms with Gasteiger partial charge in [-0.1, -0.05) is 0 Å². The van der Waals surface area contributed by atoms with Gasteiger partial charge in [0.05, 0.1) is 0 Å². The highest BCUT2D eigenvalue weighted by molar-refractivity contribution is 5.67. The van der Waals surface area contributed by atoms with Gasteiger partial charge < -0.3 is 20.1 Å². The SMILES string of the molecule is CC(NCCNC(=O)OC(C)(C)C)C1CCOCC1. The molecule has 5 heteroatoms.